The fourth-order valence-corrected chi connectivity index (χ4v) is 3.67. The molecule has 34 heavy (non-hydrogen) atoms. The molecule has 0 radical (unpaired) electrons. The van der Waals surface area contributed by atoms with Crippen LogP contribution in [0.25, 0.3) is 10.9 Å². The lowest BCUT2D eigenvalue weighted by atomic mass is 10.0. The Bertz CT molecular complexity index is 1210. The van der Waals surface area contributed by atoms with E-state index in [2.05, 4.69) is 36.8 Å². The number of primary amides is 1. The molecule has 0 fully saturated rings. The summed E-state index contributed by atoms with van der Waals surface area (Å²) < 4.78 is 10.8. The summed E-state index contributed by atoms with van der Waals surface area (Å²) in [5.41, 5.74) is 9.99. The molecule has 1 atom stereocenters. The molecule has 1 heterocycles. The minimum atomic E-state index is -0.910. The normalized spacial score (nSPS) is 11.8. The maximum atomic E-state index is 12.8. The number of para-hydroxylation sites is 1. The van der Waals surface area contributed by atoms with E-state index in [1.807, 2.05) is 24.3 Å². The Balaban J connectivity index is 1.68. The van der Waals surface area contributed by atoms with Gasteiger partial charge in [-0.25, -0.2) is 10.2 Å². The summed E-state index contributed by atoms with van der Waals surface area (Å²) in [6.07, 6.45) is 2.79. The number of H-pyrrole nitrogens is 1. The van der Waals surface area contributed by atoms with E-state index in [4.69, 9.17) is 15.2 Å². The number of halogens is 1. The molecule has 0 bridgehead atoms. The molecule has 0 aliphatic rings. The van der Waals surface area contributed by atoms with Crippen molar-refractivity contribution in [3.05, 3.63) is 64.3 Å². The molecule has 0 spiro atoms. The number of carbonyl (C=O) groups excluding carboxylic acids is 3. The van der Waals surface area contributed by atoms with E-state index < -0.39 is 23.9 Å². The third kappa shape index (κ3) is 6.82. The zero-order valence-corrected chi connectivity index (χ0v) is 19.9. The van der Waals surface area contributed by atoms with Gasteiger partial charge in [-0.1, -0.05) is 18.2 Å². The summed E-state index contributed by atoms with van der Waals surface area (Å²) >= 11 is 3.35. The number of fused-ring (bicyclic) bond motifs is 1. The molecule has 0 saturated carbocycles. The molecular weight excluding hydrogens is 506 g/mol. The van der Waals surface area contributed by atoms with Crippen LogP contribution in [0.2, 0.25) is 0 Å². The smallest absolute Gasteiger partial charge is 0.407 e. The van der Waals surface area contributed by atoms with Crippen LogP contribution in [0.15, 0.2) is 58.2 Å². The van der Waals surface area contributed by atoms with Crippen LogP contribution in [-0.4, -0.2) is 48.4 Å². The lowest BCUT2D eigenvalue weighted by Gasteiger charge is -2.16. The topological polar surface area (TPSA) is 148 Å². The standard InChI is InChI=1S/C23H24BrN5O5/c1-2-33-23(32)28-19(10-15-12-26-18-6-4-3-5-16(15)18)22(31)29-27-11-14-7-8-20(17(24)9-14)34-13-21(25)30/h3-9,11-12,19,26H,2,10,13H2,1H3,(H2,25,30)(H,28,32)(H,29,31)/b27-11-/t19-/m1/s1. The quantitative estimate of drug-likeness (QED) is 0.235. The molecule has 3 aromatic rings. The molecule has 0 aliphatic carbocycles. The van der Waals surface area contributed by atoms with E-state index in [1.165, 1.54) is 6.21 Å². The SMILES string of the molecule is CCOC(=O)N[C@H](Cc1c[nH]c2ccccc12)C(=O)N/N=C\c1ccc(OCC(N)=O)c(Br)c1. The minimum Gasteiger partial charge on any atom is -0.483 e. The number of hydrogen-bond donors (Lipinski definition) is 4. The van der Waals surface area contributed by atoms with Crippen molar-refractivity contribution in [2.45, 2.75) is 19.4 Å². The van der Waals surface area contributed by atoms with Crippen LogP contribution in [0.3, 0.4) is 0 Å². The number of nitrogens with zero attached hydrogens (tertiary/aromatic N) is 1. The monoisotopic (exact) mass is 529 g/mol. The highest BCUT2D eigenvalue weighted by atomic mass is 79.9. The van der Waals surface area contributed by atoms with Crippen molar-refractivity contribution in [2.75, 3.05) is 13.2 Å². The van der Waals surface area contributed by atoms with E-state index >= 15 is 0 Å². The van der Waals surface area contributed by atoms with Crippen LogP contribution >= 0.6 is 15.9 Å². The largest absolute Gasteiger partial charge is 0.483 e. The van der Waals surface area contributed by atoms with Gasteiger partial charge < -0.3 is 25.5 Å². The van der Waals surface area contributed by atoms with Gasteiger partial charge in [0.2, 0.25) is 0 Å². The maximum Gasteiger partial charge on any atom is 0.407 e. The van der Waals surface area contributed by atoms with Gasteiger partial charge in [0.05, 0.1) is 17.3 Å². The molecule has 178 valence electrons. The number of alkyl carbamates (subject to hydrolysis) is 1. The van der Waals surface area contributed by atoms with E-state index in [-0.39, 0.29) is 19.6 Å². The Morgan fingerprint density at radius 2 is 2.03 bits per heavy atom. The van der Waals surface area contributed by atoms with Crippen LogP contribution in [0.4, 0.5) is 4.79 Å². The van der Waals surface area contributed by atoms with Crippen molar-refractivity contribution < 1.29 is 23.9 Å². The van der Waals surface area contributed by atoms with Gasteiger partial charge >= 0.3 is 6.09 Å². The molecular formula is C23H24BrN5O5. The number of nitrogens with one attached hydrogen (secondary N) is 3. The van der Waals surface area contributed by atoms with Gasteiger partial charge in [-0.3, -0.25) is 9.59 Å². The zero-order chi connectivity index (χ0) is 24.5. The summed E-state index contributed by atoms with van der Waals surface area (Å²) in [6, 6.07) is 11.8. The predicted molar refractivity (Wildman–Crippen MR) is 131 cm³/mol. The van der Waals surface area contributed by atoms with Crippen molar-refractivity contribution in [2.24, 2.45) is 10.8 Å². The number of benzene rings is 2. The van der Waals surface area contributed by atoms with Crippen LogP contribution in [0, 0.1) is 0 Å². The van der Waals surface area contributed by atoms with E-state index in [1.54, 1.807) is 31.3 Å². The Kier molecular flexibility index (Phi) is 8.63. The number of ether oxygens (including phenoxy) is 2. The van der Waals surface area contributed by atoms with Crippen LogP contribution < -0.4 is 21.2 Å². The zero-order valence-electron chi connectivity index (χ0n) is 18.3. The fourth-order valence-electron chi connectivity index (χ4n) is 3.16. The lowest BCUT2D eigenvalue weighted by Crippen LogP contribution is -2.47. The van der Waals surface area contributed by atoms with Gasteiger partial charge in [0.1, 0.15) is 11.8 Å². The molecule has 10 nitrogen and oxygen atoms in total. The first-order valence-corrected chi connectivity index (χ1v) is 11.2. The molecule has 0 aliphatic heterocycles. The number of carbonyl (C=O) groups is 3. The number of amides is 3. The number of aromatic nitrogens is 1. The minimum absolute atomic E-state index is 0.180. The van der Waals surface area contributed by atoms with E-state index in [0.717, 1.165) is 16.5 Å². The molecule has 5 N–H and O–H groups in total. The average molecular weight is 530 g/mol. The first-order valence-electron chi connectivity index (χ1n) is 10.4. The van der Waals surface area contributed by atoms with Crippen molar-refractivity contribution in [3.63, 3.8) is 0 Å². The summed E-state index contributed by atoms with van der Waals surface area (Å²) in [5, 5.41) is 7.53. The van der Waals surface area contributed by atoms with Crippen LogP contribution in [0.1, 0.15) is 18.1 Å². The third-order valence-corrected chi connectivity index (χ3v) is 5.32. The Hall–Kier alpha value is -3.86. The fraction of sp³-hybridized carbons (Fsp3) is 0.217. The highest BCUT2D eigenvalue weighted by Gasteiger charge is 2.23. The number of nitrogens with two attached hydrogens (primary N) is 1. The van der Waals surface area contributed by atoms with Crippen molar-refractivity contribution in [1.82, 2.24) is 15.7 Å². The summed E-state index contributed by atoms with van der Waals surface area (Å²) in [4.78, 5) is 38.9. The Morgan fingerprint density at radius 1 is 1.24 bits per heavy atom. The lowest BCUT2D eigenvalue weighted by molar-refractivity contribution is -0.123. The van der Waals surface area contributed by atoms with E-state index in [9.17, 15) is 14.4 Å². The molecule has 0 unspecified atom stereocenters. The van der Waals surface area contributed by atoms with Crippen LogP contribution in [-0.2, 0) is 20.7 Å². The number of rotatable bonds is 10. The molecule has 2 aromatic carbocycles. The highest BCUT2D eigenvalue weighted by molar-refractivity contribution is 9.10. The average Bonchev–Trinajstić information content (AvgIpc) is 3.21. The third-order valence-electron chi connectivity index (χ3n) is 4.70. The van der Waals surface area contributed by atoms with Gasteiger partial charge in [-0.05, 0) is 58.2 Å². The Labute approximate surface area is 204 Å². The summed E-state index contributed by atoms with van der Waals surface area (Å²) in [5.74, 6) is -0.647. The molecule has 11 heteroatoms. The van der Waals surface area contributed by atoms with Gasteiger partial charge in [0.25, 0.3) is 11.8 Å². The predicted octanol–water partition coefficient (Wildman–Crippen LogP) is 2.60. The second-order valence-corrected chi connectivity index (χ2v) is 8.01. The maximum absolute atomic E-state index is 12.8. The molecule has 0 saturated heterocycles. The van der Waals surface area contributed by atoms with Gasteiger partial charge in [-0.2, -0.15) is 5.10 Å². The van der Waals surface area contributed by atoms with Gasteiger partial charge in [0, 0.05) is 23.5 Å². The Morgan fingerprint density at radius 3 is 2.76 bits per heavy atom. The van der Waals surface area contributed by atoms with Gasteiger partial charge in [-0.15, -0.1) is 0 Å². The van der Waals surface area contributed by atoms with Crippen molar-refractivity contribution in [3.8, 4) is 5.75 Å². The first-order chi connectivity index (χ1) is 16.4. The number of hydrogen-bond acceptors (Lipinski definition) is 6. The number of aromatic amines is 1. The van der Waals surface area contributed by atoms with Crippen molar-refractivity contribution in [1.29, 1.82) is 0 Å². The second-order valence-electron chi connectivity index (χ2n) is 7.16. The highest BCUT2D eigenvalue weighted by Crippen LogP contribution is 2.25. The van der Waals surface area contributed by atoms with E-state index in [0.29, 0.717) is 15.8 Å². The van der Waals surface area contributed by atoms with Crippen molar-refractivity contribution >= 4 is 51.0 Å². The first kappa shape index (κ1) is 24.8. The van der Waals surface area contributed by atoms with Crippen LogP contribution in [0.5, 0.6) is 5.75 Å². The number of hydrazone groups is 1. The molecule has 1 aromatic heterocycles. The summed E-state index contributed by atoms with van der Waals surface area (Å²) in [6.45, 7) is 1.62. The second kappa shape index (κ2) is 11.8. The molecule has 3 rings (SSSR count). The molecule has 3 amide bonds. The summed E-state index contributed by atoms with van der Waals surface area (Å²) in [7, 11) is 0. The van der Waals surface area contributed by atoms with Gasteiger partial charge in [0.15, 0.2) is 6.61 Å².